The van der Waals surface area contributed by atoms with Gasteiger partial charge in [-0.2, -0.15) is 0 Å². The Morgan fingerprint density at radius 1 is 1.17 bits per heavy atom. The summed E-state index contributed by atoms with van der Waals surface area (Å²) in [6, 6.07) is 5.32. The number of ketones is 1. The largest absolute Gasteiger partial charge is 0.468 e. The van der Waals surface area contributed by atoms with Gasteiger partial charge in [-0.25, -0.2) is 4.79 Å². The highest BCUT2D eigenvalue weighted by Gasteiger charge is 2.47. The second-order valence-corrected chi connectivity index (χ2v) is 9.20. The zero-order valence-electron chi connectivity index (χ0n) is 20.6. The van der Waals surface area contributed by atoms with E-state index in [0.29, 0.717) is 46.0 Å². The summed E-state index contributed by atoms with van der Waals surface area (Å²) < 4.78 is 26.9. The normalized spacial score (nSPS) is 23.3. The monoisotopic (exact) mass is 485 g/mol. The molecule has 1 aromatic carbocycles. The molecule has 0 saturated heterocycles. The molecule has 1 aliphatic carbocycles. The first-order valence-corrected chi connectivity index (χ1v) is 11.7. The van der Waals surface area contributed by atoms with Gasteiger partial charge in [-0.1, -0.05) is 13.0 Å². The van der Waals surface area contributed by atoms with Crippen molar-refractivity contribution < 1.29 is 38.1 Å². The number of hydrogen-bond acceptors (Lipinski definition) is 9. The quantitative estimate of drug-likeness (QED) is 0.354. The van der Waals surface area contributed by atoms with E-state index in [1.54, 1.807) is 25.1 Å². The highest BCUT2D eigenvalue weighted by atomic mass is 16.7. The second kappa shape index (κ2) is 10.1. The van der Waals surface area contributed by atoms with Gasteiger partial charge in [0.05, 0.1) is 25.4 Å². The van der Waals surface area contributed by atoms with Crippen molar-refractivity contribution in [1.82, 2.24) is 5.32 Å². The van der Waals surface area contributed by atoms with Gasteiger partial charge in [-0.3, -0.25) is 9.59 Å². The Balaban J connectivity index is 1.75. The van der Waals surface area contributed by atoms with Crippen LogP contribution in [0.4, 0.5) is 0 Å². The summed E-state index contributed by atoms with van der Waals surface area (Å²) in [5.41, 5.74) is 2.63. The number of hydrogen-bond donors (Lipinski definition) is 1. The van der Waals surface area contributed by atoms with Crippen LogP contribution in [0.1, 0.15) is 45.6 Å². The van der Waals surface area contributed by atoms with Gasteiger partial charge in [0.1, 0.15) is 12.5 Å². The standard InChI is InChI=1S/C26H31NO8/c1-13(2)32-8-9-33-26(30)21-15(4)27-17-10-14(3)20(25(29)31-5)24(28)23(17)22(21)16-6-7-18-19(11-16)35-12-34-18/h6-7,11,13-14,20,22,27H,8-10,12H2,1-5H3/t14-,20-,22+/m0/s1. The van der Waals surface area contributed by atoms with Crippen LogP contribution in [0.2, 0.25) is 0 Å². The minimum Gasteiger partial charge on any atom is -0.468 e. The molecule has 2 heterocycles. The lowest BCUT2D eigenvalue weighted by Crippen LogP contribution is -2.43. The summed E-state index contributed by atoms with van der Waals surface area (Å²) in [4.78, 5) is 39.6. The summed E-state index contributed by atoms with van der Waals surface area (Å²) in [5.74, 6) is -2.34. The Labute approximate surface area is 204 Å². The summed E-state index contributed by atoms with van der Waals surface area (Å²) in [7, 11) is 1.27. The van der Waals surface area contributed by atoms with Crippen molar-refractivity contribution in [1.29, 1.82) is 0 Å². The molecule has 2 aliphatic heterocycles. The molecule has 3 aliphatic rings. The Bertz CT molecular complexity index is 1100. The molecule has 0 fully saturated rings. The lowest BCUT2D eigenvalue weighted by atomic mass is 9.69. The van der Waals surface area contributed by atoms with E-state index in [4.69, 9.17) is 23.7 Å². The van der Waals surface area contributed by atoms with Crippen LogP contribution in [0.5, 0.6) is 11.5 Å². The fourth-order valence-electron chi connectivity index (χ4n) is 4.87. The first kappa shape index (κ1) is 24.8. The molecule has 3 atom stereocenters. The topological polar surface area (TPSA) is 109 Å². The average molecular weight is 486 g/mol. The number of esters is 2. The van der Waals surface area contributed by atoms with Crippen molar-refractivity contribution in [3.8, 4) is 11.5 Å². The maximum atomic E-state index is 13.7. The highest BCUT2D eigenvalue weighted by molar-refractivity contribution is 6.12. The van der Waals surface area contributed by atoms with Crippen LogP contribution in [-0.2, 0) is 28.6 Å². The molecule has 1 aromatic rings. The summed E-state index contributed by atoms with van der Waals surface area (Å²) in [5, 5.41) is 3.25. The van der Waals surface area contributed by atoms with Crippen LogP contribution in [0, 0.1) is 11.8 Å². The van der Waals surface area contributed by atoms with E-state index < -0.39 is 23.8 Å². The van der Waals surface area contributed by atoms with Gasteiger partial charge in [-0.05, 0) is 50.8 Å². The van der Waals surface area contributed by atoms with Gasteiger partial charge in [-0.15, -0.1) is 0 Å². The minimum absolute atomic E-state index is 0.0113. The molecule has 0 amide bonds. The Kier molecular flexibility index (Phi) is 7.16. The molecular formula is C26H31NO8. The van der Waals surface area contributed by atoms with E-state index in [1.165, 1.54) is 7.11 Å². The lowest BCUT2D eigenvalue weighted by Gasteiger charge is -2.38. The summed E-state index contributed by atoms with van der Waals surface area (Å²) >= 11 is 0. The van der Waals surface area contributed by atoms with Crippen LogP contribution >= 0.6 is 0 Å². The number of carbonyl (C=O) groups is 3. The molecule has 9 heteroatoms. The van der Waals surface area contributed by atoms with Gasteiger partial charge in [0.2, 0.25) is 6.79 Å². The van der Waals surface area contributed by atoms with Crippen LogP contribution in [0.3, 0.4) is 0 Å². The molecule has 35 heavy (non-hydrogen) atoms. The number of allylic oxidation sites excluding steroid dienone is 3. The number of dihydropyridines is 1. The fraction of sp³-hybridized carbons (Fsp3) is 0.500. The molecule has 1 N–H and O–H groups in total. The Morgan fingerprint density at radius 2 is 1.91 bits per heavy atom. The lowest BCUT2D eigenvalue weighted by molar-refractivity contribution is -0.151. The minimum atomic E-state index is -0.952. The van der Waals surface area contributed by atoms with E-state index in [-0.39, 0.29) is 37.8 Å². The molecule has 0 bridgehead atoms. The van der Waals surface area contributed by atoms with Crippen molar-refractivity contribution in [2.75, 3.05) is 27.1 Å². The molecular weight excluding hydrogens is 454 g/mol. The van der Waals surface area contributed by atoms with Gasteiger partial charge in [0.25, 0.3) is 0 Å². The summed E-state index contributed by atoms with van der Waals surface area (Å²) in [6.07, 6.45) is 0.473. The maximum Gasteiger partial charge on any atom is 0.336 e. The van der Waals surface area contributed by atoms with Crippen molar-refractivity contribution in [2.24, 2.45) is 11.8 Å². The third-order valence-corrected chi connectivity index (χ3v) is 6.46. The molecule has 4 rings (SSSR count). The predicted molar refractivity (Wildman–Crippen MR) is 125 cm³/mol. The van der Waals surface area contributed by atoms with Crippen LogP contribution in [0.25, 0.3) is 0 Å². The smallest absolute Gasteiger partial charge is 0.336 e. The third-order valence-electron chi connectivity index (χ3n) is 6.46. The first-order valence-electron chi connectivity index (χ1n) is 11.7. The van der Waals surface area contributed by atoms with Gasteiger partial charge < -0.3 is 29.0 Å². The molecule has 0 aromatic heterocycles. The SMILES string of the molecule is COC(=O)[C@@H]1C(=O)C2=C(C[C@@H]1C)NC(C)=C(C(=O)OCCOC(C)C)[C@H]2c1ccc2c(c1)OCO2. The first-order chi connectivity index (χ1) is 16.7. The number of Topliss-reactive ketones (excluding diaryl/α,β-unsaturated/α-hetero) is 1. The number of carbonyl (C=O) groups excluding carboxylic acids is 3. The van der Waals surface area contributed by atoms with Crippen LogP contribution < -0.4 is 14.8 Å². The van der Waals surface area contributed by atoms with Crippen LogP contribution in [-0.4, -0.2) is 50.9 Å². The fourth-order valence-corrected chi connectivity index (χ4v) is 4.87. The molecule has 188 valence electrons. The zero-order valence-corrected chi connectivity index (χ0v) is 20.6. The molecule has 9 nitrogen and oxygen atoms in total. The van der Waals surface area contributed by atoms with Crippen molar-refractivity contribution >= 4 is 17.7 Å². The third kappa shape index (κ3) is 4.77. The molecule has 0 unspecified atom stereocenters. The predicted octanol–water partition coefficient (Wildman–Crippen LogP) is 3.00. The van der Waals surface area contributed by atoms with Crippen molar-refractivity contribution in [3.63, 3.8) is 0 Å². The Morgan fingerprint density at radius 3 is 2.63 bits per heavy atom. The van der Waals surface area contributed by atoms with E-state index >= 15 is 0 Å². The number of fused-ring (bicyclic) bond motifs is 1. The van der Waals surface area contributed by atoms with Gasteiger partial charge in [0, 0.05) is 22.9 Å². The number of benzene rings is 1. The average Bonchev–Trinajstić information content (AvgIpc) is 3.28. The zero-order chi connectivity index (χ0) is 25.3. The van der Waals surface area contributed by atoms with E-state index in [1.807, 2.05) is 20.8 Å². The highest BCUT2D eigenvalue weighted by Crippen LogP contribution is 2.47. The molecule has 0 spiro atoms. The maximum absolute atomic E-state index is 13.7. The summed E-state index contributed by atoms with van der Waals surface area (Å²) in [6.45, 7) is 7.85. The Hall–Kier alpha value is -3.33. The van der Waals surface area contributed by atoms with E-state index in [0.717, 1.165) is 0 Å². The number of rotatable bonds is 7. The van der Waals surface area contributed by atoms with Gasteiger partial charge >= 0.3 is 11.9 Å². The number of ether oxygens (including phenoxy) is 5. The van der Waals surface area contributed by atoms with Gasteiger partial charge in [0.15, 0.2) is 17.3 Å². The van der Waals surface area contributed by atoms with E-state index in [2.05, 4.69) is 5.32 Å². The molecule has 0 radical (unpaired) electrons. The second-order valence-electron chi connectivity index (χ2n) is 9.20. The number of nitrogens with one attached hydrogen (secondary N) is 1. The van der Waals surface area contributed by atoms with Crippen molar-refractivity contribution in [2.45, 2.75) is 46.1 Å². The number of methoxy groups -OCH3 is 1. The van der Waals surface area contributed by atoms with Crippen molar-refractivity contribution in [3.05, 3.63) is 46.3 Å². The molecule has 0 saturated carbocycles. The van der Waals surface area contributed by atoms with E-state index in [9.17, 15) is 14.4 Å². The van der Waals surface area contributed by atoms with Crippen LogP contribution in [0.15, 0.2) is 40.7 Å².